The van der Waals surface area contributed by atoms with E-state index in [1.807, 2.05) is 0 Å². The zero-order valence-corrected chi connectivity index (χ0v) is 12.0. The van der Waals surface area contributed by atoms with Crippen LogP contribution >= 0.6 is 11.6 Å². The summed E-state index contributed by atoms with van der Waals surface area (Å²) in [6, 6.07) is 3.59. The van der Waals surface area contributed by atoms with Gasteiger partial charge in [-0.2, -0.15) is 0 Å². The summed E-state index contributed by atoms with van der Waals surface area (Å²) in [6.07, 6.45) is 0.990. The van der Waals surface area contributed by atoms with Gasteiger partial charge in [0.25, 0.3) is 0 Å². The number of aliphatic hydroxyl groups excluding tert-OH is 1. The molecule has 1 heterocycles. The summed E-state index contributed by atoms with van der Waals surface area (Å²) >= 11 is 5.97. The van der Waals surface area contributed by atoms with Gasteiger partial charge in [-0.05, 0) is 31.9 Å². The van der Waals surface area contributed by atoms with Gasteiger partial charge in [0.1, 0.15) is 5.82 Å². The predicted molar refractivity (Wildman–Crippen MR) is 75.2 cm³/mol. The lowest BCUT2D eigenvalue weighted by molar-refractivity contribution is 0.0834. The SMILES string of the molecule is CC(NC(=O)N1CCCC(O)C1)c1c(F)cccc1Cl. The highest BCUT2D eigenvalue weighted by Gasteiger charge is 2.24. The summed E-state index contributed by atoms with van der Waals surface area (Å²) in [5, 5.41) is 12.6. The molecule has 6 heteroatoms. The number of aliphatic hydroxyl groups is 1. The molecule has 2 unspecified atom stereocenters. The van der Waals surface area contributed by atoms with Crippen molar-refractivity contribution in [2.75, 3.05) is 13.1 Å². The van der Waals surface area contributed by atoms with Gasteiger partial charge < -0.3 is 15.3 Å². The zero-order valence-electron chi connectivity index (χ0n) is 11.3. The maximum Gasteiger partial charge on any atom is 0.317 e. The molecule has 1 fully saturated rings. The minimum Gasteiger partial charge on any atom is -0.391 e. The molecule has 1 saturated heterocycles. The maximum absolute atomic E-state index is 13.8. The second-order valence-electron chi connectivity index (χ2n) is 5.05. The molecule has 1 aromatic rings. The van der Waals surface area contributed by atoms with Gasteiger partial charge in [-0.25, -0.2) is 9.18 Å². The number of benzene rings is 1. The predicted octanol–water partition coefficient (Wildman–Crippen LogP) is 2.71. The Balaban J connectivity index is 2.04. The lowest BCUT2D eigenvalue weighted by atomic mass is 10.1. The van der Waals surface area contributed by atoms with E-state index in [9.17, 15) is 14.3 Å². The van der Waals surface area contributed by atoms with Gasteiger partial charge in [-0.3, -0.25) is 0 Å². The maximum atomic E-state index is 13.8. The Hall–Kier alpha value is -1.33. The fraction of sp³-hybridized carbons (Fsp3) is 0.500. The number of rotatable bonds is 2. The molecule has 1 aliphatic rings. The van der Waals surface area contributed by atoms with Crippen LogP contribution in [-0.4, -0.2) is 35.2 Å². The third kappa shape index (κ3) is 3.41. The Morgan fingerprint density at radius 3 is 3.00 bits per heavy atom. The lowest BCUT2D eigenvalue weighted by Crippen LogP contribution is -2.47. The van der Waals surface area contributed by atoms with Gasteiger partial charge in [0.15, 0.2) is 0 Å². The average Bonchev–Trinajstić information content (AvgIpc) is 2.38. The minimum atomic E-state index is -0.532. The highest BCUT2D eigenvalue weighted by Crippen LogP contribution is 2.25. The first-order valence-corrected chi connectivity index (χ1v) is 7.04. The molecule has 2 atom stereocenters. The number of carbonyl (C=O) groups excluding carboxylic acids is 1. The third-order valence-corrected chi connectivity index (χ3v) is 3.79. The van der Waals surface area contributed by atoms with E-state index < -0.39 is 18.0 Å². The largest absolute Gasteiger partial charge is 0.391 e. The van der Waals surface area contributed by atoms with Crippen molar-refractivity contribution in [3.05, 3.63) is 34.6 Å². The number of amides is 2. The number of carbonyl (C=O) groups is 1. The lowest BCUT2D eigenvalue weighted by Gasteiger charge is -2.31. The number of nitrogens with zero attached hydrogens (tertiary/aromatic N) is 1. The summed E-state index contributed by atoms with van der Waals surface area (Å²) in [7, 11) is 0. The van der Waals surface area contributed by atoms with Gasteiger partial charge in [-0.1, -0.05) is 17.7 Å². The topological polar surface area (TPSA) is 52.6 Å². The van der Waals surface area contributed by atoms with Crippen molar-refractivity contribution in [2.24, 2.45) is 0 Å². The van der Waals surface area contributed by atoms with Gasteiger partial charge in [0.2, 0.25) is 0 Å². The van der Waals surface area contributed by atoms with Gasteiger partial charge in [0, 0.05) is 23.7 Å². The fourth-order valence-corrected chi connectivity index (χ4v) is 2.74. The monoisotopic (exact) mass is 300 g/mol. The highest BCUT2D eigenvalue weighted by atomic mass is 35.5. The van der Waals surface area contributed by atoms with Gasteiger partial charge >= 0.3 is 6.03 Å². The molecule has 20 heavy (non-hydrogen) atoms. The molecule has 0 aliphatic carbocycles. The Kier molecular flexibility index (Phi) is 4.83. The molecule has 4 nitrogen and oxygen atoms in total. The first-order chi connectivity index (χ1) is 9.49. The summed E-state index contributed by atoms with van der Waals surface area (Å²) in [5.41, 5.74) is 0.278. The van der Waals surface area contributed by atoms with Crippen LogP contribution in [0.4, 0.5) is 9.18 Å². The Bertz CT molecular complexity index is 478. The first-order valence-electron chi connectivity index (χ1n) is 6.66. The van der Waals surface area contributed by atoms with E-state index >= 15 is 0 Å². The van der Waals surface area contributed by atoms with E-state index in [1.54, 1.807) is 17.9 Å². The molecule has 0 spiro atoms. The molecular weight excluding hydrogens is 283 g/mol. The Morgan fingerprint density at radius 2 is 2.35 bits per heavy atom. The molecule has 1 aliphatic heterocycles. The number of nitrogens with one attached hydrogen (secondary N) is 1. The second kappa shape index (κ2) is 6.41. The van der Waals surface area contributed by atoms with Crippen LogP contribution in [0.5, 0.6) is 0 Å². The van der Waals surface area contributed by atoms with Crippen molar-refractivity contribution < 1.29 is 14.3 Å². The molecule has 0 bridgehead atoms. The van der Waals surface area contributed by atoms with E-state index in [-0.39, 0.29) is 16.6 Å². The molecule has 110 valence electrons. The first kappa shape index (κ1) is 15.1. The molecule has 1 aromatic carbocycles. The van der Waals surface area contributed by atoms with Crippen LogP contribution in [0.15, 0.2) is 18.2 Å². The minimum absolute atomic E-state index is 0.278. The van der Waals surface area contributed by atoms with Crippen LogP contribution in [0.1, 0.15) is 31.4 Å². The van der Waals surface area contributed by atoms with Crippen LogP contribution in [0, 0.1) is 5.82 Å². The van der Waals surface area contributed by atoms with Crippen LogP contribution in [0.2, 0.25) is 5.02 Å². The standard InChI is InChI=1S/C14H18ClFN2O2/c1-9(13-11(15)5-2-6-12(13)16)17-14(20)18-7-3-4-10(19)8-18/h2,5-6,9-10,19H,3-4,7-8H2,1H3,(H,17,20). The number of β-amino-alcohol motifs (C(OH)–C–C–N with tert-alkyl or cyclic N) is 1. The molecule has 2 rings (SSSR count). The van der Waals surface area contributed by atoms with Crippen molar-refractivity contribution in [3.63, 3.8) is 0 Å². The average molecular weight is 301 g/mol. The van der Waals surface area contributed by atoms with Crippen molar-refractivity contribution in [1.82, 2.24) is 10.2 Å². The number of piperidine rings is 1. The number of halogens is 2. The smallest absolute Gasteiger partial charge is 0.317 e. The van der Waals surface area contributed by atoms with Crippen molar-refractivity contribution in [3.8, 4) is 0 Å². The zero-order chi connectivity index (χ0) is 14.7. The third-order valence-electron chi connectivity index (χ3n) is 3.46. The van der Waals surface area contributed by atoms with E-state index in [0.29, 0.717) is 19.5 Å². The van der Waals surface area contributed by atoms with Crippen LogP contribution in [-0.2, 0) is 0 Å². The summed E-state index contributed by atoms with van der Waals surface area (Å²) in [6.45, 7) is 2.59. The molecule has 0 aromatic heterocycles. The molecule has 2 amide bonds. The van der Waals surface area contributed by atoms with Gasteiger partial charge in [-0.15, -0.1) is 0 Å². The van der Waals surface area contributed by atoms with E-state index in [2.05, 4.69) is 5.32 Å². The molecule has 0 radical (unpaired) electrons. The number of likely N-dealkylation sites (tertiary alicyclic amines) is 1. The second-order valence-corrected chi connectivity index (χ2v) is 5.46. The van der Waals surface area contributed by atoms with E-state index in [1.165, 1.54) is 12.1 Å². The summed E-state index contributed by atoms with van der Waals surface area (Å²) in [5.74, 6) is -0.441. The van der Waals surface area contributed by atoms with Crippen LogP contribution < -0.4 is 5.32 Å². The van der Waals surface area contributed by atoms with E-state index in [4.69, 9.17) is 11.6 Å². The van der Waals surface area contributed by atoms with Crippen LogP contribution in [0.3, 0.4) is 0 Å². The Morgan fingerprint density at radius 1 is 1.60 bits per heavy atom. The van der Waals surface area contributed by atoms with Crippen molar-refractivity contribution >= 4 is 17.6 Å². The number of hydrogen-bond donors (Lipinski definition) is 2. The normalized spacial score (nSPS) is 20.6. The number of urea groups is 1. The summed E-state index contributed by atoms with van der Waals surface area (Å²) in [4.78, 5) is 13.6. The molecular formula is C14H18ClFN2O2. The molecule has 2 N–H and O–H groups in total. The fourth-order valence-electron chi connectivity index (χ4n) is 2.41. The summed E-state index contributed by atoms with van der Waals surface area (Å²) < 4.78 is 13.8. The van der Waals surface area contributed by atoms with Crippen molar-refractivity contribution in [1.29, 1.82) is 0 Å². The number of hydrogen-bond acceptors (Lipinski definition) is 2. The van der Waals surface area contributed by atoms with Crippen molar-refractivity contribution in [2.45, 2.75) is 31.9 Å². The Labute approximate surface area is 122 Å². The van der Waals surface area contributed by atoms with Gasteiger partial charge in [0.05, 0.1) is 12.1 Å². The van der Waals surface area contributed by atoms with E-state index in [0.717, 1.165) is 6.42 Å². The highest BCUT2D eigenvalue weighted by molar-refractivity contribution is 6.31. The van der Waals surface area contributed by atoms with Crippen LogP contribution in [0.25, 0.3) is 0 Å². The molecule has 0 saturated carbocycles. The quantitative estimate of drug-likeness (QED) is 0.882.